The molecule has 0 aliphatic carbocycles. The molecule has 1 saturated heterocycles. The van der Waals surface area contributed by atoms with Gasteiger partial charge in [0.1, 0.15) is 24.4 Å². The molecule has 4 atom stereocenters. The summed E-state index contributed by atoms with van der Waals surface area (Å²) in [5.74, 6) is 0. The molecule has 0 unspecified atom stereocenters. The van der Waals surface area contributed by atoms with Gasteiger partial charge in [-0.15, -0.1) is 0 Å². The molecule has 4 N–H and O–H groups in total. The fourth-order valence-electron chi connectivity index (χ4n) is 2.35. The predicted molar refractivity (Wildman–Crippen MR) is 65.9 cm³/mol. The highest BCUT2D eigenvalue weighted by atomic mass is 16.6. The van der Waals surface area contributed by atoms with Crippen LogP contribution >= 0.6 is 0 Å². The zero-order chi connectivity index (χ0) is 14.3. The third-order valence-electron chi connectivity index (χ3n) is 3.43. The summed E-state index contributed by atoms with van der Waals surface area (Å²) in [5.41, 5.74) is 0.209. The monoisotopic (exact) mass is 282 g/mol. The van der Waals surface area contributed by atoms with Crippen molar-refractivity contribution in [2.75, 3.05) is 6.61 Å². The molecule has 108 valence electrons. The highest BCUT2D eigenvalue weighted by Gasteiger charge is 2.42. The zero-order valence-corrected chi connectivity index (χ0v) is 10.4. The van der Waals surface area contributed by atoms with E-state index in [4.69, 9.17) is 9.84 Å². The molecular weight excluding hydrogens is 268 g/mol. The number of hydrogen-bond donors (Lipinski definition) is 4. The Bertz CT molecular complexity index is 668. The molecule has 9 heteroatoms. The lowest BCUT2D eigenvalue weighted by Gasteiger charge is -2.15. The first-order valence-electron chi connectivity index (χ1n) is 6.12. The molecule has 1 fully saturated rings. The summed E-state index contributed by atoms with van der Waals surface area (Å²) in [6.45, 7) is -0.209. The van der Waals surface area contributed by atoms with Crippen LogP contribution in [0.5, 0.6) is 0 Å². The summed E-state index contributed by atoms with van der Waals surface area (Å²) in [6.07, 6.45) is -1.11. The smallest absolute Gasteiger partial charge is 0.278 e. The summed E-state index contributed by atoms with van der Waals surface area (Å²) in [7, 11) is 0. The van der Waals surface area contributed by atoms with Crippen LogP contribution in [0.25, 0.3) is 11.2 Å². The molecule has 1 aliphatic heterocycles. The van der Waals surface area contributed by atoms with E-state index < -0.39 is 24.4 Å². The highest BCUT2D eigenvalue weighted by Crippen LogP contribution is 2.23. The van der Waals surface area contributed by atoms with Crippen molar-refractivity contribution in [3.05, 3.63) is 23.0 Å². The maximum Gasteiger partial charge on any atom is 0.278 e. The molecule has 2 aromatic rings. The Hall–Kier alpha value is -1.81. The maximum atomic E-state index is 11.5. The third kappa shape index (κ3) is 2.00. The first kappa shape index (κ1) is 13.2. The minimum Gasteiger partial charge on any atom is -0.394 e. The largest absolute Gasteiger partial charge is 0.394 e. The van der Waals surface area contributed by atoms with Gasteiger partial charge >= 0.3 is 0 Å². The molecule has 20 heavy (non-hydrogen) atoms. The van der Waals surface area contributed by atoms with Crippen molar-refractivity contribution in [1.82, 2.24) is 19.5 Å². The van der Waals surface area contributed by atoms with Gasteiger partial charge in [0.25, 0.3) is 5.56 Å². The summed E-state index contributed by atoms with van der Waals surface area (Å²) in [4.78, 5) is 21.9. The Kier molecular flexibility index (Phi) is 3.26. The number of aromatic amines is 1. The van der Waals surface area contributed by atoms with Gasteiger partial charge in [0, 0.05) is 0 Å². The summed E-state index contributed by atoms with van der Waals surface area (Å²) in [5, 5.41) is 28.6. The molecule has 1 aliphatic rings. The Morgan fingerprint density at radius 1 is 1.30 bits per heavy atom. The summed E-state index contributed by atoms with van der Waals surface area (Å²) in [6, 6.07) is 0. The van der Waals surface area contributed by atoms with E-state index >= 15 is 0 Å². The Morgan fingerprint density at radius 3 is 2.75 bits per heavy atom. The van der Waals surface area contributed by atoms with Crippen molar-refractivity contribution in [2.24, 2.45) is 0 Å². The molecule has 0 bridgehead atoms. The number of aliphatic hydroxyl groups is 3. The number of nitrogens with one attached hydrogen (secondary N) is 1. The van der Waals surface area contributed by atoms with Crippen LogP contribution in [0.4, 0.5) is 0 Å². The molecule has 3 rings (SSSR count). The van der Waals surface area contributed by atoms with Crippen molar-refractivity contribution in [3.8, 4) is 0 Å². The third-order valence-corrected chi connectivity index (χ3v) is 3.43. The lowest BCUT2D eigenvalue weighted by Crippen LogP contribution is -2.35. The van der Waals surface area contributed by atoms with Crippen LogP contribution < -0.4 is 5.56 Å². The summed E-state index contributed by atoms with van der Waals surface area (Å²) < 4.78 is 6.94. The number of aromatic nitrogens is 4. The normalized spacial score (nSPS) is 30.1. The van der Waals surface area contributed by atoms with Gasteiger partial charge in [-0.05, 0) is 0 Å². The van der Waals surface area contributed by atoms with E-state index in [1.54, 1.807) is 4.57 Å². The number of imidazole rings is 1. The second-order valence-electron chi connectivity index (χ2n) is 4.68. The Balaban J connectivity index is 1.87. The van der Waals surface area contributed by atoms with Gasteiger partial charge < -0.3 is 29.6 Å². The van der Waals surface area contributed by atoms with Gasteiger partial charge in [0.2, 0.25) is 0 Å². The SMILES string of the molecule is O=c1[nH]cnc2c1ncn2C[C@@H]1O[C@H](CO)[C@@H](O)[C@@H]1O. The van der Waals surface area contributed by atoms with Crippen LogP contribution in [-0.2, 0) is 11.3 Å². The molecule has 9 nitrogen and oxygen atoms in total. The van der Waals surface area contributed by atoms with Gasteiger partial charge in [-0.25, -0.2) is 9.97 Å². The van der Waals surface area contributed by atoms with Gasteiger partial charge in [0.05, 0.1) is 25.8 Å². The number of rotatable bonds is 3. The average molecular weight is 282 g/mol. The van der Waals surface area contributed by atoms with E-state index in [-0.39, 0.29) is 24.2 Å². The molecule has 0 amide bonds. The lowest BCUT2D eigenvalue weighted by molar-refractivity contribution is -0.0262. The van der Waals surface area contributed by atoms with Gasteiger partial charge in [0.15, 0.2) is 11.2 Å². The molecule has 0 aromatic carbocycles. The molecular formula is C11H14N4O5. The Labute approximate surface area is 112 Å². The van der Waals surface area contributed by atoms with Crippen LogP contribution in [-0.4, -0.2) is 65.9 Å². The van der Waals surface area contributed by atoms with Crippen LogP contribution in [0.3, 0.4) is 0 Å². The minimum atomic E-state index is -1.14. The fourth-order valence-corrected chi connectivity index (χ4v) is 2.35. The molecule has 3 heterocycles. The fraction of sp³-hybridized carbons (Fsp3) is 0.545. The average Bonchev–Trinajstić information content (AvgIpc) is 2.97. The van der Waals surface area contributed by atoms with Crippen LogP contribution in [0.1, 0.15) is 0 Å². The van der Waals surface area contributed by atoms with Crippen molar-refractivity contribution < 1.29 is 20.1 Å². The number of H-pyrrole nitrogens is 1. The van der Waals surface area contributed by atoms with Gasteiger partial charge in [-0.3, -0.25) is 4.79 Å². The summed E-state index contributed by atoms with van der Waals surface area (Å²) >= 11 is 0. The number of ether oxygens (including phenoxy) is 1. The van der Waals surface area contributed by atoms with Crippen molar-refractivity contribution in [3.63, 3.8) is 0 Å². The first-order chi connectivity index (χ1) is 9.61. The van der Waals surface area contributed by atoms with E-state index in [0.717, 1.165) is 0 Å². The van der Waals surface area contributed by atoms with E-state index in [1.165, 1.54) is 12.7 Å². The minimum absolute atomic E-state index is 0.168. The Morgan fingerprint density at radius 2 is 2.05 bits per heavy atom. The molecule has 2 aromatic heterocycles. The number of aliphatic hydroxyl groups excluding tert-OH is 3. The van der Waals surface area contributed by atoms with Gasteiger partial charge in [-0.2, -0.15) is 0 Å². The molecule has 0 radical (unpaired) electrons. The van der Waals surface area contributed by atoms with Crippen LogP contribution in [0.2, 0.25) is 0 Å². The van der Waals surface area contributed by atoms with Crippen molar-refractivity contribution in [1.29, 1.82) is 0 Å². The van der Waals surface area contributed by atoms with E-state index in [9.17, 15) is 15.0 Å². The number of fused-ring (bicyclic) bond motifs is 1. The topological polar surface area (TPSA) is 133 Å². The van der Waals surface area contributed by atoms with Crippen molar-refractivity contribution >= 4 is 11.2 Å². The number of nitrogens with zero attached hydrogens (tertiary/aromatic N) is 3. The maximum absolute atomic E-state index is 11.5. The zero-order valence-electron chi connectivity index (χ0n) is 10.4. The highest BCUT2D eigenvalue weighted by molar-refractivity contribution is 5.68. The number of hydrogen-bond acceptors (Lipinski definition) is 7. The van der Waals surface area contributed by atoms with E-state index in [2.05, 4.69) is 15.0 Å². The van der Waals surface area contributed by atoms with Crippen LogP contribution in [0, 0.1) is 0 Å². The standard InChI is InChI=1S/C11H14N4O5/c16-2-6-9(18)8(17)5(20-6)1-15-4-14-7-10(15)12-3-13-11(7)19/h3-6,8-9,16-18H,1-2H2,(H,12,13,19)/t5-,6+,8+,9+/m0/s1. The second-order valence-corrected chi connectivity index (χ2v) is 4.68. The van der Waals surface area contributed by atoms with E-state index in [0.29, 0.717) is 5.65 Å². The molecule has 0 saturated carbocycles. The molecule has 0 spiro atoms. The van der Waals surface area contributed by atoms with Crippen LogP contribution in [0.15, 0.2) is 17.4 Å². The van der Waals surface area contributed by atoms with Crippen molar-refractivity contribution in [2.45, 2.75) is 31.0 Å². The second kappa shape index (κ2) is 4.94. The first-order valence-corrected chi connectivity index (χ1v) is 6.12. The lowest BCUT2D eigenvalue weighted by atomic mass is 10.1. The quantitative estimate of drug-likeness (QED) is 0.493. The predicted octanol–water partition coefficient (Wildman–Crippen LogP) is -2.40. The van der Waals surface area contributed by atoms with E-state index in [1.807, 2.05) is 0 Å². The van der Waals surface area contributed by atoms with Gasteiger partial charge in [-0.1, -0.05) is 0 Å².